The number of benzene rings is 1. The lowest BCUT2D eigenvalue weighted by Crippen LogP contribution is -2.07. The standard InChI is InChI=1S/C18H18ClN5OS/c1-11-4-6-14(7-5-11)10-24-17(19)15(12(2)23-24)8-9-16(25)20-18-22-21-13(3)26-18/h4-9H,10H2,1-3H3,(H,20,22,25)/b9-8+. The van der Waals surface area contributed by atoms with E-state index >= 15 is 0 Å². The zero-order valence-electron chi connectivity index (χ0n) is 14.7. The fourth-order valence-corrected chi connectivity index (χ4v) is 3.27. The van der Waals surface area contributed by atoms with Crippen molar-refractivity contribution in [3.05, 3.63) is 62.9 Å². The Morgan fingerprint density at radius 2 is 1.96 bits per heavy atom. The Labute approximate surface area is 160 Å². The summed E-state index contributed by atoms with van der Waals surface area (Å²) < 4.78 is 1.73. The van der Waals surface area contributed by atoms with Crippen LogP contribution in [-0.2, 0) is 11.3 Å². The zero-order valence-corrected chi connectivity index (χ0v) is 16.2. The molecule has 2 heterocycles. The number of carbonyl (C=O) groups excluding carboxylic acids is 1. The number of rotatable bonds is 5. The molecule has 6 nitrogen and oxygen atoms in total. The number of hydrogen-bond acceptors (Lipinski definition) is 5. The number of aromatic nitrogens is 4. The topological polar surface area (TPSA) is 72.7 Å². The highest BCUT2D eigenvalue weighted by atomic mass is 35.5. The molecule has 0 aliphatic heterocycles. The third-order valence-corrected chi connectivity index (χ3v) is 4.87. The van der Waals surface area contributed by atoms with Crippen molar-refractivity contribution in [3.63, 3.8) is 0 Å². The Hall–Kier alpha value is -2.51. The Kier molecular flexibility index (Phi) is 5.49. The van der Waals surface area contributed by atoms with E-state index in [1.807, 2.05) is 20.8 Å². The number of nitrogens with zero attached hydrogens (tertiary/aromatic N) is 4. The maximum atomic E-state index is 12.0. The van der Waals surface area contributed by atoms with Crippen LogP contribution in [0, 0.1) is 20.8 Å². The molecule has 0 radical (unpaired) electrons. The van der Waals surface area contributed by atoms with Gasteiger partial charge in [-0.25, -0.2) is 4.68 Å². The summed E-state index contributed by atoms with van der Waals surface area (Å²) in [5.74, 6) is -0.289. The van der Waals surface area contributed by atoms with Crippen molar-refractivity contribution in [2.45, 2.75) is 27.3 Å². The van der Waals surface area contributed by atoms with Crippen molar-refractivity contribution in [1.29, 1.82) is 0 Å². The normalized spacial score (nSPS) is 11.2. The first kappa shape index (κ1) is 18.3. The summed E-state index contributed by atoms with van der Waals surface area (Å²) >= 11 is 7.77. The lowest BCUT2D eigenvalue weighted by Gasteiger charge is -2.04. The van der Waals surface area contributed by atoms with Gasteiger partial charge in [0.05, 0.1) is 12.2 Å². The van der Waals surface area contributed by atoms with Crippen LogP contribution in [-0.4, -0.2) is 25.9 Å². The number of halogens is 1. The molecular formula is C18H18ClN5OS. The zero-order chi connectivity index (χ0) is 18.7. The van der Waals surface area contributed by atoms with Gasteiger partial charge < -0.3 is 0 Å². The lowest BCUT2D eigenvalue weighted by molar-refractivity contribution is -0.111. The van der Waals surface area contributed by atoms with Gasteiger partial charge in [0.25, 0.3) is 0 Å². The predicted octanol–water partition coefficient (Wildman–Crippen LogP) is 4.01. The van der Waals surface area contributed by atoms with E-state index in [9.17, 15) is 4.79 Å². The second kappa shape index (κ2) is 7.80. The summed E-state index contributed by atoms with van der Waals surface area (Å²) in [5, 5.41) is 16.6. The molecule has 1 N–H and O–H groups in total. The van der Waals surface area contributed by atoms with Crippen LogP contribution in [0.5, 0.6) is 0 Å². The number of nitrogens with one attached hydrogen (secondary N) is 1. The minimum absolute atomic E-state index is 0.289. The minimum atomic E-state index is -0.289. The van der Waals surface area contributed by atoms with Crippen LogP contribution in [0.2, 0.25) is 5.15 Å². The molecule has 3 aromatic rings. The van der Waals surface area contributed by atoms with Gasteiger partial charge in [0.1, 0.15) is 10.2 Å². The molecule has 0 saturated carbocycles. The molecule has 1 aromatic carbocycles. The predicted molar refractivity (Wildman–Crippen MR) is 105 cm³/mol. The van der Waals surface area contributed by atoms with Crippen LogP contribution >= 0.6 is 22.9 Å². The Balaban J connectivity index is 1.72. The van der Waals surface area contributed by atoms with Crippen LogP contribution in [0.3, 0.4) is 0 Å². The quantitative estimate of drug-likeness (QED) is 0.671. The highest BCUT2D eigenvalue weighted by molar-refractivity contribution is 7.15. The average Bonchev–Trinajstić information content (AvgIpc) is 3.11. The first-order chi connectivity index (χ1) is 12.4. The second-order valence-electron chi connectivity index (χ2n) is 5.88. The van der Waals surface area contributed by atoms with Crippen molar-refractivity contribution in [1.82, 2.24) is 20.0 Å². The molecule has 26 heavy (non-hydrogen) atoms. The van der Waals surface area contributed by atoms with E-state index in [0.29, 0.717) is 16.8 Å². The monoisotopic (exact) mass is 387 g/mol. The average molecular weight is 388 g/mol. The van der Waals surface area contributed by atoms with Crippen LogP contribution < -0.4 is 5.32 Å². The molecule has 0 aliphatic carbocycles. The van der Waals surface area contributed by atoms with Crippen molar-refractivity contribution >= 4 is 40.1 Å². The van der Waals surface area contributed by atoms with Crippen LogP contribution in [0.25, 0.3) is 6.08 Å². The van der Waals surface area contributed by atoms with E-state index in [1.54, 1.807) is 10.8 Å². The number of anilines is 1. The van der Waals surface area contributed by atoms with Crippen molar-refractivity contribution < 1.29 is 4.79 Å². The third-order valence-electron chi connectivity index (χ3n) is 3.72. The minimum Gasteiger partial charge on any atom is -0.297 e. The molecule has 0 unspecified atom stereocenters. The van der Waals surface area contributed by atoms with Crippen molar-refractivity contribution in [2.24, 2.45) is 0 Å². The number of aryl methyl sites for hydroxylation is 3. The summed E-state index contributed by atoms with van der Waals surface area (Å²) in [6.07, 6.45) is 3.09. The molecule has 0 fully saturated rings. The first-order valence-corrected chi connectivity index (χ1v) is 9.19. The van der Waals surface area contributed by atoms with E-state index in [1.165, 1.54) is 23.0 Å². The number of hydrogen-bond donors (Lipinski definition) is 1. The van der Waals surface area contributed by atoms with E-state index in [4.69, 9.17) is 11.6 Å². The van der Waals surface area contributed by atoms with Crippen LogP contribution in [0.4, 0.5) is 5.13 Å². The number of amides is 1. The van der Waals surface area contributed by atoms with Gasteiger partial charge in [-0.15, -0.1) is 10.2 Å². The molecule has 0 aliphatic rings. The molecule has 134 valence electrons. The molecule has 1 amide bonds. The van der Waals surface area contributed by atoms with Crippen LogP contribution in [0.1, 0.15) is 27.4 Å². The molecular weight excluding hydrogens is 370 g/mol. The molecule has 2 aromatic heterocycles. The van der Waals surface area contributed by atoms with E-state index in [2.05, 4.69) is 44.9 Å². The summed E-state index contributed by atoms with van der Waals surface area (Å²) in [7, 11) is 0. The second-order valence-corrected chi connectivity index (χ2v) is 7.42. The van der Waals surface area contributed by atoms with Gasteiger partial charge >= 0.3 is 0 Å². The Morgan fingerprint density at radius 1 is 1.23 bits per heavy atom. The third kappa shape index (κ3) is 4.36. The molecule has 0 spiro atoms. The Bertz CT molecular complexity index is 959. The van der Waals surface area contributed by atoms with E-state index in [0.717, 1.165) is 21.8 Å². The van der Waals surface area contributed by atoms with E-state index < -0.39 is 0 Å². The SMILES string of the molecule is Cc1ccc(Cn2nc(C)c(/C=C/C(=O)Nc3nnc(C)s3)c2Cl)cc1. The van der Waals surface area contributed by atoms with E-state index in [-0.39, 0.29) is 5.91 Å². The highest BCUT2D eigenvalue weighted by Crippen LogP contribution is 2.22. The van der Waals surface area contributed by atoms with Gasteiger partial charge in [-0.1, -0.05) is 52.8 Å². The maximum absolute atomic E-state index is 12.0. The van der Waals surface area contributed by atoms with Crippen molar-refractivity contribution in [2.75, 3.05) is 5.32 Å². The van der Waals surface area contributed by atoms with Crippen molar-refractivity contribution in [3.8, 4) is 0 Å². The van der Waals surface area contributed by atoms with Gasteiger partial charge in [-0.3, -0.25) is 10.1 Å². The summed E-state index contributed by atoms with van der Waals surface area (Å²) in [6.45, 7) is 6.31. The summed E-state index contributed by atoms with van der Waals surface area (Å²) in [6, 6.07) is 8.21. The highest BCUT2D eigenvalue weighted by Gasteiger charge is 2.12. The first-order valence-electron chi connectivity index (χ1n) is 8.00. The molecule has 0 bridgehead atoms. The van der Waals surface area contributed by atoms with Gasteiger partial charge in [-0.05, 0) is 32.4 Å². The fraction of sp³-hybridized carbons (Fsp3) is 0.222. The molecule has 0 atom stereocenters. The smallest absolute Gasteiger partial charge is 0.250 e. The molecule has 3 rings (SSSR count). The van der Waals surface area contributed by atoms with Gasteiger partial charge in [0.2, 0.25) is 11.0 Å². The van der Waals surface area contributed by atoms with Gasteiger partial charge in [0.15, 0.2) is 0 Å². The summed E-state index contributed by atoms with van der Waals surface area (Å²) in [4.78, 5) is 12.0. The fourth-order valence-electron chi connectivity index (χ4n) is 2.38. The van der Waals surface area contributed by atoms with Gasteiger partial charge in [-0.2, -0.15) is 5.10 Å². The maximum Gasteiger partial charge on any atom is 0.250 e. The lowest BCUT2D eigenvalue weighted by atomic mass is 10.1. The van der Waals surface area contributed by atoms with Gasteiger partial charge in [0, 0.05) is 11.6 Å². The molecule has 8 heteroatoms. The summed E-state index contributed by atoms with van der Waals surface area (Å²) in [5.41, 5.74) is 3.80. The Morgan fingerprint density at radius 3 is 2.62 bits per heavy atom. The van der Waals surface area contributed by atoms with Crippen LogP contribution in [0.15, 0.2) is 30.3 Å². The largest absolute Gasteiger partial charge is 0.297 e. The number of carbonyl (C=O) groups is 1. The molecule has 0 saturated heterocycles.